The molecule has 1 aliphatic heterocycles. The number of nitrogens with one attached hydrogen (secondary N) is 2. The van der Waals surface area contributed by atoms with E-state index >= 15 is 0 Å². The minimum absolute atomic E-state index is 0.171. The summed E-state index contributed by atoms with van der Waals surface area (Å²) in [4.78, 5) is 29.9. The number of benzene rings is 1. The highest BCUT2D eigenvalue weighted by Gasteiger charge is 2.26. The lowest BCUT2D eigenvalue weighted by atomic mass is 9.97. The van der Waals surface area contributed by atoms with Crippen LogP contribution in [0.15, 0.2) is 59.3 Å². The van der Waals surface area contributed by atoms with Gasteiger partial charge in [-0.3, -0.25) is 14.5 Å². The first kappa shape index (κ1) is 21.7. The Labute approximate surface area is 191 Å². The van der Waals surface area contributed by atoms with Crippen molar-refractivity contribution >= 4 is 40.2 Å². The molecule has 1 saturated heterocycles. The van der Waals surface area contributed by atoms with Crippen LogP contribution in [0.25, 0.3) is 0 Å². The molecule has 1 atom stereocenters. The predicted octanol–water partition coefficient (Wildman–Crippen LogP) is 5.26. The fraction of sp³-hybridized carbons (Fsp3) is 0.333. The van der Waals surface area contributed by atoms with E-state index < -0.39 is 0 Å². The van der Waals surface area contributed by atoms with Crippen molar-refractivity contribution in [1.29, 1.82) is 0 Å². The maximum absolute atomic E-state index is 13.1. The molecule has 4 rings (SSSR count). The first-order valence-electron chi connectivity index (χ1n) is 10.6. The third-order valence-corrected chi connectivity index (χ3v) is 7.59. The van der Waals surface area contributed by atoms with Crippen LogP contribution in [0.4, 0.5) is 5.69 Å². The van der Waals surface area contributed by atoms with Crippen LogP contribution in [0.1, 0.15) is 50.7 Å². The predicted molar refractivity (Wildman–Crippen MR) is 128 cm³/mol. The number of hydrogen-bond acceptors (Lipinski definition) is 5. The number of carbonyl (C=O) groups is 2. The Morgan fingerprint density at radius 3 is 2.45 bits per heavy atom. The van der Waals surface area contributed by atoms with Gasteiger partial charge in [0.1, 0.15) is 0 Å². The zero-order valence-electron chi connectivity index (χ0n) is 17.5. The first-order valence-corrected chi connectivity index (χ1v) is 12.4. The van der Waals surface area contributed by atoms with Crippen molar-refractivity contribution in [2.24, 2.45) is 5.92 Å². The van der Waals surface area contributed by atoms with E-state index in [1.165, 1.54) is 29.1 Å². The van der Waals surface area contributed by atoms with E-state index in [-0.39, 0.29) is 17.9 Å². The lowest BCUT2D eigenvalue weighted by Crippen LogP contribution is -2.41. The molecule has 2 aromatic heterocycles. The summed E-state index contributed by atoms with van der Waals surface area (Å²) in [7, 11) is 0. The fourth-order valence-corrected chi connectivity index (χ4v) is 5.38. The van der Waals surface area contributed by atoms with E-state index in [9.17, 15) is 9.59 Å². The minimum atomic E-state index is -0.200. The van der Waals surface area contributed by atoms with Gasteiger partial charge in [-0.15, -0.1) is 22.7 Å². The van der Waals surface area contributed by atoms with Crippen LogP contribution in [-0.2, 0) is 0 Å². The van der Waals surface area contributed by atoms with Crippen molar-refractivity contribution in [2.45, 2.75) is 25.8 Å². The largest absolute Gasteiger partial charge is 0.350 e. The number of rotatable bonds is 7. The van der Waals surface area contributed by atoms with Gasteiger partial charge in [0.15, 0.2) is 0 Å². The lowest BCUT2D eigenvalue weighted by molar-refractivity contribution is 0.0915. The van der Waals surface area contributed by atoms with Crippen molar-refractivity contribution < 1.29 is 9.59 Å². The average Bonchev–Trinajstić information content (AvgIpc) is 3.50. The summed E-state index contributed by atoms with van der Waals surface area (Å²) in [5.74, 6) is 0.386. The van der Waals surface area contributed by atoms with E-state index in [1.807, 2.05) is 23.6 Å². The maximum atomic E-state index is 13.1. The summed E-state index contributed by atoms with van der Waals surface area (Å²) >= 11 is 3.11. The fourth-order valence-electron chi connectivity index (χ4n) is 3.90. The summed E-state index contributed by atoms with van der Waals surface area (Å²) < 4.78 is 0. The summed E-state index contributed by atoms with van der Waals surface area (Å²) in [6.07, 6.45) is 2.38. The monoisotopic (exact) mass is 453 g/mol. The van der Waals surface area contributed by atoms with Crippen molar-refractivity contribution in [2.75, 3.05) is 25.0 Å². The highest BCUT2D eigenvalue weighted by molar-refractivity contribution is 7.12. The number of hydrogen-bond donors (Lipinski definition) is 2. The van der Waals surface area contributed by atoms with Crippen molar-refractivity contribution in [3.63, 3.8) is 0 Å². The minimum Gasteiger partial charge on any atom is -0.350 e. The Balaban J connectivity index is 1.45. The van der Waals surface area contributed by atoms with Crippen molar-refractivity contribution in [3.05, 3.63) is 74.6 Å². The molecule has 2 N–H and O–H groups in total. The van der Waals surface area contributed by atoms with Gasteiger partial charge in [0, 0.05) is 11.4 Å². The molecular weight excluding hydrogens is 426 g/mol. The van der Waals surface area contributed by atoms with Crippen LogP contribution in [0.3, 0.4) is 0 Å². The Hall–Kier alpha value is -2.48. The average molecular weight is 454 g/mol. The number of thiophene rings is 2. The van der Waals surface area contributed by atoms with Gasteiger partial charge in [0.2, 0.25) is 0 Å². The lowest BCUT2D eigenvalue weighted by Gasteiger charge is -2.36. The van der Waals surface area contributed by atoms with Gasteiger partial charge in [-0.1, -0.05) is 31.2 Å². The van der Waals surface area contributed by atoms with Gasteiger partial charge in [-0.05, 0) is 66.9 Å². The van der Waals surface area contributed by atoms with Gasteiger partial charge in [0.25, 0.3) is 11.8 Å². The number of piperidine rings is 1. The van der Waals surface area contributed by atoms with E-state index in [4.69, 9.17) is 0 Å². The molecule has 162 valence electrons. The second-order valence-electron chi connectivity index (χ2n) is 7.94. The van der Waals surface area contributed by atoms with Crippen LogP contribution in [-0.4, -0.2) is 36.3 Å². The number of para-hydroxylation sites is 1. The molecule has 1 aliphatic rings. The molecule has 0 saturated carbocycles. The molecule has 0 spiro atoms. The molecule has 0 aliphatic carbocycles. The standard InChI is InChI=1S/C24H27N3O2S2/c1-17-10-12-27(13-11-17)20(21-8-4-14-30-21)16-25-23(28)18-6-2-3-7-19(18)26-24(29)22-9-5-15-31-22/h2-9,14-15,17,20H,10-13,16H2,1H3,(H,25,28)(H,26,29)/t20-/m1/s1. The summed E-state index contributed by atoms with van der Waals surface area (Å²) in [6, 6.07) is 15.2. The SMILES string of the molecule is CC1CCN([C@H](CNC(=O)c2ccccc2NC(=O)c2cccs2)c2cccs2)CC1. The van der Waals surface area contributed by atoms with Crippen LogP contribution < -0.4 is 10.6 Å². The van der Waals surface area contributed by atoms with Gasteiger partial charge in [-0.2, -0.15) is 0 Å². The first-order chi connectivity index (χ1) is 15.1. The molecule has 1 fully saturated rings. The van der Waals surface area contributed by atoms with Crippen molar-refractivity contribution in [1.82, 2.24) is 10.2 Å². The van der Waals surface area contributed by atoms with Crippen LogP contribution in [0.2, 0.25) is 0 Å². The van der Waals surface area contributed by atoms with Gasteiger partial charge in [0.05, 0.1) is 22.2 Å². The van der Waals surface area contributed by atoms with Crippen LogP contribution >= 0.6 is 22.7 Å². The van der Waals surface area contributed by atoms with Crippen molar-refractivity contribution in [3.8, 4) is 0 Å². The van der Waals surface area contributed by atoms with E-state index in [2.05, 4.69) is 40.0 Å². The Morgan fingerprint density at radius 2 is 1.74 bits per heavy atom. The van der Waals surface area contributed by atoms with Crippen LogP contribution in [0.5, 0.6) is 0 Å². The molecule has 0 radical (unpaired) electrons. The molecule has 0 bridgehead atoms. The summed E-state index contributed by atoms with van der Waals surface area (Å²) in [6.45, 7) is 4.95. The number of carbonyl (C=O) groups excluding carboxylic acids is 2. The Kier molecular flexibility index (Phi) is 7.17. The second-order valence-corrected chi connectivity index (χ2v) is 9.86. The number of nitrogens with zero attached hydrogens (tertiary/aromatic N) is 1. The molecule has 1 aromatic carbocycles. The normalized spacial score (nSPS) is 16.0. The van der Waals surface area contributed by atoms with E-state index in [0.717, 1.165) is 19.0 Å². The maximum Gasteiger partial charge on any atom is 0.265 e. The summed E-state index contributed by atoms with van der Waals surface area (Å²) in [5, 5.41) is 9.95. The molecule has 3 aromatic rings. The third-order valence-electron chi connectivity index (χ3n) is 5.75. The molecule has 5 nitrogen and oxygen atoms in total. The van der Waals surface area contributed by atoms with E-state index in [0.29, 0.717) is 22.7 Å². The zero-order valence-corrected chi connectivity index (χ0v) is 19.2. The second kappa shape index (κ2) is 10.2. The molecule has 7 heteroatoms. The molecule has 31 heavy (non-hydrogen) atoms. The number of anilines is 1. The zero-order chi connectivity index (χ0) is 21.6. The topological polar surface area (TPSA) is 61.4 Å². The third kappa shape index (κ3) is 5.42. The molecule has 2 amide bonds. The highest BCUT2D eigenvalue weighted by atomic mass is 32.1. The molecule has 0 unspecified atom stereocenters. The quantitative estimate of drug-likeness (QED) is 0.513. The smallest absolute Gasteiger partial charge is 0.265 e. The number of amides is 2. The molecule has 3 heterocycles. The van der Waals surface area contributed by atoms with Crippen LogP contribution in [0, 0.1) is 5.92 Å². The molecular formula is C24H27N3O2S2. The van der Waals surface area contributed by atoms with E-state index in [1.54, 1.807) is 29.5 Å². The highest BCUT2D eigenvalue weighted by Crippen LogP contribution is 2.29. The number of likely N-dealkylation sites (tertiary alicyclic amines) is 1. The Bertz CT molecular complexity index is 994. The van der Waals surface area contributed by atoms with Gasteiger partial charge >= 0.3 is 0 Å². The summed E-state index contributed by atoms with van der Waals surface area (Å²) in [5.41, 5.74) is 1.00. The Morgan fingerprint density at radius 1 is 1.00 bits per heavy atom. The van der Waals surface area contributed by atoms with Gasteiger partial charge < -0.3 is 10.6 Å². The van der Waals surface area contributed by atoms with Gasteiger partial charge in [-0.25, -0.2) is 0 Å².